The van der Waals surface area contributed by atoms with E-state index in [9.17, 15) is 9.18 Å². The maximum absolute atomic E-state index is 13.8. The number of benzene rings is 2. The highest BCUT2D eigenvalue weighted by atomic mass is 79.9. The number of nitrogens with one attached hydrogen (secondary N) is 1. The Morgan fingerprint density at radius 3 is 2.68 bits per heavy atom. The zero-order valence-electron chi connectivity index (χ0n) is 15.6. The molecular formula is C22H22BrFN2O2. The lowest BCUT2D eigenvalue weighted by molar-refractivity contribution is -0.121. The first-order valence-electron chi connectivity index (χ1n) is 9.24. The molecule has 1 unspecified atom stereocenters. The molecule has 3 aromatic rings. The Bertz CT molecular complexity index is 924. The van der Waals surface area contributed by atoms with Crippen molar-refractivity contribution in [3.8, 4) is 11.3 Å². The van der Waals surface area contributed by atoms with Gasteiger partial charge in [-0.25, -0.2) is 9.37 Å². The molecule has 0 spiro atoms. The second-order valence-electron chi connectivity index (χ2n) is 6.73. The molecule has 0 saturated heterocycles. The van der Waals surface area contributed by atoms with Crippen LogP contribution < -0.4 is 5.32 Å². The van der Waals surface area contributed by atoms with Crippen LogP contribution in [0, 0.1) is 5.82 Å². The molecule has 28 heavy (non-hydrogen) atoms. The third kappa shape index (κ3) is 5.76. The van der Waals surface area contributed by atoms with Crippen LogP contribution in [0.5, 0.6) is 0 Å². The minimum atomic E-state index is -0.359. The first-order valence-corrected chi connectivity index (χ1v) is 10.0. The number of aryl methyl sites for hydroxylation is 2. The molecule has 1 amide bonds. The molecule has 1 N–H and O–H groups in total. The van der Waals surface area contributed by atoms with Crippen molar-refractivity contribution in [2.75, 3.05) is 0 Å². The monoisotopic (exact) mass is 444 g/mol. The third-order valence-electron chi connectivity index (χ3n) is 4.45. The molecule has 4 nitrogen and oxygen atoms in total. The van der Waals surface area contributed by atoms with E-state index in [1.165, 1.54) is 17.8 Å². The molecule has 0 fully saturated rings. The van der Waals surface area contributed by atoms with Gasteiger partial charge in [0, 0.05) is 23.4 Å². The van der Waals surface area contributed by atoms with Crippen LogP contribution in [-0.4, -0.2) is 16.9 Å². The number of hydrogen-bond acceptors (Lipinski definition) is 3. The largest absolute Gasteiger partial charge is 0.441 e. The second kappa shape index (κ2) is 9.64. The first kappa shape index (κ1) is 20.3. The van der Waals surface area contributed by atoms with Crippen molar-refractivity contribution in [1.29, 1.82) is 0 Å². The van der Waals surface area contributed by atoms with Crippen LogP contribution in [0.3, 0.4) is 0 Å². The Labute approximate surface area is 172 Å². The predicted molar refractivity (Wildman–Crippen MR) is 110 cm³/mol. The number of halogens is 2. The van der Waals surface area contributed by atoms with E-state index in [1.807, 2.05) is 19.1 Å². The van der Waals surface area contributed by atoms with Crippen LogP contribution in [-0.2, 0) is 17.6 Å². The Hall–Kier alpha value is -2.47. The van der Waals surface area contributed by atoms with E-state index in [4.69, 9.17) is 4.42 Å². The van der Waals surface area contributed by atoms with E-state index in [2.05, 4.69) is 38.4 Å². The van der Waals surface area contributed by atoms with Gasteiger partial charge in [0.05, 0.1) is 11.8 Å². The van der Waals surface area contributed by atoms with E-state index >= 15 is 0 Å². The average molecular weight is 445 g/mol. The molecule has 0 saturated carbocycles. The Morgan fingerprint density at radius 2 is 1.93 bits per heavy atom. The van der Waals surface area contributed by atoms with Crippen molar-refractivity contribution in [2.24, 2.45) is 0 Å². The zero-order chi connectivity index (χ0) is 19.9. The molecule has 0 aliphatic rings. The normalized spacial score (nSPS) is 12.0. The minimum absolute atomic E-state index is 0.0473. The van der Waals surface area contributed by atoms with E-state index in [0.29, 0.717) is 23.6 Å². The molecule has 1 atom stereocenters. The lowest BCUT2D eigenvalue weighted by Gasteiger charge is -2.13. The number of oxazole rings is 1. The molecule has 3 rings (SSSR count). The average Bonchev–Trinajstić information content (AvgIpc) is 3.15. The van der Waals surface area contributed by atoms with Gasteiger partial charge in [-0.1, -0.05) is 40.2 Å². The smallest absolute Gasteiger partial charge is 0.220 e. The topological polar surface area (TPSA) is 55.1 Å². The summed E-state index contributed by atoms with van der Waals surface area (Å²) in [5.41, 5.74) is 1.61. The number of carbonyl (C=O) groups excluding carboxylic acids is 1. The Morgan fingerprint density at radius 1 is 1.18 bits per heavy atom. The van der Waals surface area contributed by atoms with Crippen molar-refractivity contribution in [1.82, 2.24) is 10.3 Å². The maximum atomic E-state index is 13.8. The van der Waals surface area contributed by atoms with Crippen molar-refractivity contribution in [2.45, 2.75) is 38.6 Å². The van der Waals surface area contributed by atoms with E-state index in [-0.39, 0.29) is 24.2 Å². The summed E-state index contributed by atoms with van der Waals surface area (Å²) in [5, 5.41) is 3.00. The quantitative estimate of drug-likeness (QED) is 0.511. The molecule has 6 heteroatoms. The van der Waals surface area contributed by atoms with Crippen LogP contribution in [0.2, 0.25) is 0 Å². The third-order valence-corrected chi connectivity index (χ3v) is 4.97. The molecule has 1 heterocycles. The fourth-order valence-corrected chi connectivity index (χ4v) is 3.15. The summed E-state index contributed by atoms with van der Waals surface area (Å²) in [6.07, 6.45) is 3.91. The summed E-state index contributed by atoms with van der Waals surface area (Å²) in [6.45, 7) is 2.00. The summed E-state index contributed by atoms with van der Waals surface area (Å²) in [7, 11) is 0. The van der Waals surface area contributed by atoms with Crippen molar-refractivity contribution < 1.29 is 13.6 Å². The molecule has 0 radical (unpaired) electrons. The zero-order valence-corrected chi connectivity index (χ0v) is 17.2. The van der Waals surface area contributed by atoms with Gasteiger partial charge in [-0.3, -0.25) is 4.79 Å². The SMILES string of the molecule is CC(CCc1ccc(Br)cc1)NC(=O)CCc1ncc(-c2ccccc2F)o1. The van der Waals surface area contributed by atoms with E-state index in [1.54, 1.807) is 18.2 Å². The van der Waals surface area contributed by atoms with Gasteiger partial charge >= 0.3 is 0 Å². The van der Waals surface area contributed by atoms with Gasteiger partial charge in [0.15, 0.2) is 11.7 Å². The van der Waals surface area contributed by atoms with Crippen molar-refractivity contribution in [3.05, 3.63) is 76.5 Å². The van der Waals surface area contributed by atoms with Gasteiger partial charge in [0.25, 0.3) is 0 Å². The van der Waals surface area contributed by atoms with Crippen LogP contribution in [0.25, 0.3) is 11.3 Å². The van der Waals surface area contributed by atoms with E-state index < -0.39 is 0 Å². The lowest BCUT2D eigenvalue weighted by atomic mass is 10.1. The molecule has 0 aliphatic heterocycles. The maximum Gasteiger partial charge on any atom is 0.220 e. The van der Waals surface area contributed by atoms with E-state index in [0.717, 1.165) is 17.3 Å². The number of hydrogen-bond donors (Lipinski definition) is 1. The summed E-state index contributed by atoms with van der Waals surface area (Å²) >= 11 is 3.42. The fourth-order valence-electron chi connectivity index (χ4n) is 2.89. The van der Waals surface area contributed by atoms with Gasteiger partial charge in [-0.05, 0) is 49.6 Å². The van der Waals surface area contributed by atoms with Crippen LogP contribution in [0.4, 0.5) is 4.39 Å². The number of rotatable bonds is 8. The number of aromatic nitrogens is 1. The second-order valence-corrected chi connectivity index (χ2v) is 7.65. The van der Waals surface area contributed by atoms with Gasteiger partial charge in [-0.15, -0.1) is 0 Å². The number of nitrogens with zero attached hydrogens (tertiary/aromatic N) is 1. The molecule has 0 aliphatic carbocycles. The first-order chi connectivity index (χ1) is 13.5. The summed E-state index contributed by atoms with van der Waals surface area (Å²) in [4.78, 5) is 16.3. The van der Waals surface area contributed by atoms with Gasteiger partial charge < -0.3 is 9.73 Å². The number of carbonyl (C=O) groups is 1. The molecule has 2 aromatic carbocycles. The Balaban J connectivity index is 1.44. The molecular weight excluding hydrogens is 423 g/mol. The van der Waals surface area contributed by atoms with Gasteiger partial charge in [-0.2, -0.15) is 0 Å². The van der Waals surface area contributed by atoms with Gasteiger partial charge in [0.1, 0.15) is 5.82 Å². The highest BCUT2D eigenvalue weighted by Gasteiger charge is 2.13. The fraction of sp³-hybridized carbons (Fsp3) is 0.273. The summed E-state index contributed by atoms with van der Waals surface area (Å²) < 4.78 is 20.4. The molecule has 146 valence electrons. The Kier molecular flexibility index (Phi) is 6.98. The highest BCUT2D eigenvalue weighted by Crippen LogP contribution is 2.23. The molecule has 1 aromatic heterocycles. The van der Waals surface area contributed by atoms with Crippen LogP contribution in [0.15, 0.2) is 63.6 Å². The van der Waals surface area contributed by atoms with Crippen LogP contribution >= 0.6 is 15.9 Å². The highest BCUT2D eigenvalue weighted by molar-refractivity contribution is 9.10. The van der Waals surface area contributed by atoms with Gasteiger partial charge in [0.2, 0.25) is 5.91 Å². The predicted octanol–water partition coefficient (Wildman–Crippen LogP) is 5.31. The van der Waals surface area contributed by atoms with Crippen molar-refractivity contribution >= 4 is 21.8 Å². The van der Waals surface area contributed by atoms with Crippen LogP contribution in [0.1, 0.15) is 31.2 Å². The summed E-state index contributed by atoms with van der Waals surface area (Å²) in [6, 6.07) is 14.6. The molecule has 0 bridgehead atoms. The summed E-state index contributed by atoms with van der Waals surface area (Å²) in [5.74, 6) is 0.392. The van der Waals surface area contributed by atoms with Crippen molar-refractivity contribution in [3.63, 3.8) is 0 Å². The number of amides is 1. The minimum Gasteiger partial charge on any atom is -0.441 e. The lowest BCUT2D eigenvalue weighted by Crippen LogP contribution is -2.33. The standard InChI is InChI=1S/C22H22BrFN2O2/c1-15(6-7-16-8-10-17(23)11-9-16)26-21(27)12-13-22-25-14-20(28-22)18-4-2-3-5-19(18)24/h2-5,8-11,14-15H,6-7,12-13H2,1H3,(H,26,27).